The van der Waals surface area contributed by atoms with E-state index in [-0.39, 0.29) is 0 Å². The van der Waals surface area contributed by atoms with Gasteiger partial charge in [0.2, 0.25) is 0 Å². The third-order valence-corrected chi connectivity index (χ3v) is 3.60. The normalized spacial score (nSPS) is 17.7. The fourth-order valence-electron chi connectivity index (χ4n) is 2.02. The van der Waals surface area contributed by atoms with Crippen molar-refractivity contribution in [3.8, 4) is 0 Å². The van der Waals surface area contributed by atoms with Crippen molar-refractivity contribution in [2.45, 2.75) is 23.8 Å². The van der Waals surface area contributed by atoms with Gasteiger partial charge in [0.15, 0.2) is 0 Å². The summed E-state index contributed by atoms with van der Waals surface area (Å²) in [5.74, 6) is 0. The Morgan fingerprint density at radius 3 is 2.87 bits per heavy atom. The summed E-state index contributed by atoms with van der Waals surface area (Å²) in [6, 6.07) is 9.36. The molecular formula is C12H19N2S+. The molecule has 1 fully saturated rings. The molecule has 15 heavy (non-hydrogen) atoms. The Labute approximate surface area is 95.8 Å². The third-order valence-electron chi connectivity index (χ3n) is 2.88. The molecule has 0 atom stereocenters. The minimum absolute atomic E-state index is 0.673. The molecule has 1 aromatic carbocycles. The van der Waals surface area contributed by atoms with Gasteiger partial charge < -0.3 is 10.6 Å². The van der Waals surface area contributed by atoms with Gasteiger partial charge in [-0.3, -0.25) is 0 Å². The summed E-state index contributed by atoms with van der Waals surface area (Å²) in [5, 5.41) is 6.02. The number of hydrogen-bond donors (Lipinski definition) is 2. The molecule has 82 valence electrons. The zero-order chi connectivity index (χ0) is 10.5. The highest BCUT2D eigenvalue weighted by Crippen LogP contribution is 2.20. The molecule has 0 aliphatic carbocycles. The zero-order valence-electron chi connectivity index (χ0n) is 9.20. The first-order valence-electron chi connectivity index (χ1n) is 5.61. The van der Waals surface area contributed by atoms with E-state index in [9.17, 15) is 0 Å². The summed E-state index contributed by atoms with van der Waals surface area (Å²) in [5.41, 5.74) is 1.27. The van der Waals surface area contributed by atoms with Crippen molar-refractivity contribution in [2.75, 3.05) is 24.7 Å². The van der Waals surface area contributed by atoms with Crippen LogP contribution in [0.3, 0.4) is 0 Å². The van der Waals surface area contributed by atoms with Crippen molar-refractivity contribution in [3.63, 3.8) is 0 Å². The molecule has 2 rings (SSSR count). The average Bonchev–Trinajstić information content (AvgIpc) is 2.31. The van der Waals surface area contributed by atoms with Gasteiger partial charge in [-0.15, -0.1) is 11.8 Å². The smallest absolute Gasteiger partial charge is 0.0775 e. The second kappa shape index (κ2) is 5.42. The Morgan fingerprint density at radius 2 is 2.13 bits per heavy atom. The molecular weight excluding hydrogens is 204 g/mol. The van der Waals surface area contributed by atoms with Gasteiger partial charge in [-0.2, -0.15) is 0 Å². The van der Waals surface area contributed by atoms with Gasteiger partial charge in [-0.05, 0) is 24.5 Å². The lowest BCUT2D eigenvalue weighted by molar-refractivity contribution is -0.662. The van der Waals surface area contributed by atoms with Crippen molar-refractivity contribution in [1.29, 1.82) is 0 Å². The maximum absolute atomic E-state index is 3.62. The maximum Gasteiger partial charge on any atom is 0.0775 e. The van der Waals surface area contributed by atoms with Crippen molar-refractivity contribution in [2.24, 2.45) is 0 Å². The van der Waals surface area contributed by atoms with E-state index in [1.54, 1.807) is 11.8 Å². The summed E-state index contributed by atoms with van der Waals surface area (Å²) in [7, 11) is 0. The van der Waals surface area contributed by atoms with Crippen molar-refractivity contribution >= 4 is 17.4 Å². The number of nitrogens with one attached hydrogen (secondary N) is 1. The number of nitrogens with two attached hydrogens (primary N) is 1. The SMILES string of the molecule is CSc1cccc(NC2CC[NH2+]CC2)c1. The topological polar surface area (TPSA) is 28.6 Å². The molecule has 0 aromatic heterocycles. The van der Waals surface area contributed by atoms with Crippen LogP contribution in [0.1, 0.15) is 12.8 Å². The van der Waals surface area contributed by atoms with Gasteiger partial charge in [-0.1, -0.05) is 6.07 Å². The fourth-order valence-corrected chi connectivity index (χ4v) is 2.48. The second-order valence-electron chi connectivity index (χ2n) is 4.02. The van der Waals surface area contributed by atoms with Crippen LogP contribution in [0.15, 0.2) is 29.2 Å². The predicted molar refractivity (Wildman–Crippen MR) is 66.5 cm³/mol. The largest absolute Gasteiger partial charge is 0.382 e. The van der Waals surface area contributed by atoms with Crippen LogP contribution in [0.4, 0.5) is 5.69 Å². The molecule has 0 saturated carbocycles. The minimum atomic E-state index is 0.673. The maximum atomic E-state index is 3.62. The van der Waals surface area contributed by atoms with E-state index in [0.717, 1.165) is 0 Å². The molecule has 0 spiro atoms. The van der Waals surface area contributed by atoms with E-state index in [2.05, 4.69) is 41.2 Å². The van der Waals surface area contributed by atoms with E-state index in [4.69, 9.17) is 0 Å². The predicted octanol–water partition coefficient (Wildman–Crippen LogP) is 1.55. The Kier molecular flexibility index (Phi) is 3.92. The number of hydrogen-bond acceptors (Lipinski definition) is 2. The highest BCUT2D eigenvalue weighted by molar-refractivity contribution is 7.98. The van der Waals surface area contributed by atoms with Crippen LogP contribution in [-0.2, 0) is 0 Å². The van der Waals surface area contributed by atoms with Gasteiger partial charge >= 0.3 is 0 Å². The number of thioether (sulfide) groups is 1. The highest BCUT2D eigenvalue weighted by atomic mass is 32.2. The summed E-state index contributed by atoms with van der Waals surface area (Å²) in [4.78, 5) is 1.34. The molecule has 3 N–H and O–H groups in total. The first-order valence-corrected chi connectivity index (χ1v) is 6.83. The summed E-state index contributed by atoms with van der Waals surface area (Å²) in [6.45, 7) is 2.53. The molecule has 0 unspecified atom stereocenters. The van der Waals surface area contributed by atoms with Crippen LogP contribution < -0.4 is 10.6 Å². The lowest BCUT2D eigenvalue weighted by Gasteiger charge is -2.22. The Hall–Kier alpha value is -0.670. The summed E-state index contributed by atoms with van der Waals surface area (Å²) in [6.07, 6.45) is 4.68. The molecule has 1 aromatic rings. The number of rotatable bonds is 3. The van der Waals surface area contributed by atoms with Gasteiger partial charge in [0.1, 0.15) is 0 Å². The molecule has 0 amide bonds. The molecule has 1 heterocycles. The van der Waals surface area contributed by atoms with Gasteiger partial charge in [0.05, 0.1) is 13.1 Å². The Morgan fingerprint density at radius 1 is 1.33 bits per heavy atom. The van der Waals surface area contributed by atoms with E-state index >= 15 is 0 Å². The van der Waals surface area contributed by atoms with Crippen molar-refractivity contribution in [3.05, 3.63) is 24.3 Å². The van der Waals surface area contributed by atoms with Gasteiger partial charge in [-0.25, -0.2) is 0 Å². The fraction of sp³-hybridized carbons (Fsp3) is 0.500. The monoisotopic (exact) mass is 223 g/mol. The lowest BCUT2D eigenvalue weighted by Crippen LogP contribution is -2.87. The van der Waals surface area contributed by atoms with Crippen molar-refractivity contribution < 1.29 is 5.32 Å². The molecule has 1 aliphatic heterocycles. The summed E-state index contributed by atoms with van der Waals surface area (Å²) >= 11 is 1.80. The van der Waals surface area contributed by atoms with Crippen LogP contribution in [0.25, 0.3) is 0 Å². The molecule has 0 bridgehead atoms. The standard InChI is InChI=1S/C12H18N2S/c1-15-12-4-2-3-11(9-12)14-10-5-7-13-8-6-10/h2-4,9-10,13-14H,5-8H2,1H3/p+1. The summed E-state index contributed by atoms with van der Waals surface area (Å²) < 4.78 is 0. The van der Waals surface area contributed by atoms with Crippen LogP contribution in [0.5, 0.6) is 0 Å². The molecule has 0 radical (unpaired) electrons. The van der Waals surface area contributed by atoms with Crippen LogP contribution in [-0.4, -0.2) is 25.4 Å². The van der Waals surface area contributed by atoms with E-state index in [0.29, 0.717) is 6.04 Å². The first kappa shape index (κ1) is 10.8. The Bertz CT molecular complexity index is 308. The third kappa shape index (κ3) is 3.14. The van der Waals surface area contributed by atoms with E-state index in [1.807, 2.05) is 0 Å². The lowest BCUT2D eigenvalue weighted by atomic mass is 10.1. The van der Waals surface area contributed by atoms with Crippen LogP contribution in [0.2, 0.25) is 0 Å². The minimum Gasteiger partial charge on any atom is -0.382 e. The van der Waals surface area contributed by atoms with E-state index in [1.165, 1.54) is 36.5 Å². The molecule has 1 saturated heterocycles. The number of quaternary nitrogens is 1. The molecule has 1 aliphatic rings. The van der Waals surface area contributed by atoms with Gasteiger partial charge in [0, 0.05) is 29.5 Å². The second-order valence-corrected chi connectivity index (χ2v) is 4.90. The number of anilines is 1. The Balaban J connectivity index is 1.96. The quantitative estimate of drug-likeness (QED) is 0.761. The first-order chi connectivity index (χ1) is 7.38. The van der Waals surface area contributed by atoms with Crippen LogP contribution >= 0.6 is 11.8 Å². The molecule has 2 nitrogen and oxygen atoms in total. The number of benzene rings is 1. The highest BCUT2D eigenvalue weighted by Gasteiger charge is 2.14. The molecule has 3 heteroatoms. The van der Waals surface area contributed by atoms with Crippen LogP contribution in [0, 0.1) is 0 Å². The van der Waals surface area contributed by atoms with E-state index < -0.39 is 0 Å². The van der Waals surface area contributed by atoms with Gasteiger partial charge in [0.25, 0.3) is 0 Å². The number of piperidine rings is 1. The zero-order valence-corrected chi connectivity index (χ0v) is 10.0. The van der Waals surface area contributed by atoms with Crippen molar-refractivity contribution in [1.82, 2.24) is 0 Å². The average molecular weight is 223 g/mol.